The summed E-state index contributed by atoms with van der Waals surface area (Å²) in [7, 11) is 0. The highest BCUT2D eigenvalue weighted by molar-refractivity contribution is 8.09. The van der Waals surface area contributed by atoms with Gasteiger partial charge in [-0.1, -0.05) is 43.4 Å². The first-order valence-corrected chi connectivity index (χ1v) is 22.3. The second-order valence-electron chi connectivity index (χ2n) is 13.4. The van der Waals surface area contributed by atoms with Gasteiger partial charge in [-0.05, 0) is 49.9 Å². The summed E-state index contributed by atoms with van der Waals surface area (Å²) in [4.78, 5) is 65.9. The summed E-state index contributed by atoms with van der Waals surface area (Å²) in [5.41, 5.74) is -1.31. The molecule has 1 aromatic rings. The minimum absolute atomic E-state index is 0.0252. The van der Waals surface area contributed by atoms with Crippen molar-refractivity contribution in [1.29, 1.82) is 0 Å². The van der Waals surface area contributed by atoms with Gasteiger partial charge in [-0.25, -0.2) is 0 Å². The third-order valence-corrected chi connectivity index (χ3v) is 11.7. The van der Waals surface area contributed by atoms with Crippen molar-refractivity contribution in [3.05, 3.63) is 29.8 Å². The lowest BCUT2D eigenvalue weighted by molar-refractivity contribution is -0.177. The topological polar surface area (TPSA) is 192 Å². The molecule has 3 N–H and O–H groups in total. The SMILES string of the molecule is C#CCOCCOCCCC(=O)CCC(CCC(=O)NCCOCCOCC#C)(CCC(=O)NCCOCCOCC#C)NC(=O)c1ccc(OP([O-])(=S)C(C)C)cc1. The number of carbonyl (C=O) groups excluding carboxylic acids is 4. The summed E-state index contributed by atoms with van der Waals surface area (Å²) < 4.78 is 37.5. The zero-order valence-corrected chi connectivity index (χ0v) is 36.1. The quantitative estimate of drug-likeness (QED) is 0.0508. The van der Waals surface area contributed by atoms with Gasteiger partial charge in [-0.15, -0.1) is 19.3 Å². The zero-order valence-electron chi connectivity index (χ0n) is 34.4. The number of amides is 3. The summed E-state index contributed by atoms with van der Waals surface area (Å²) in [5, 5.41) is 8.70. The van der Waals surface area contributed by atoms with Crippen molar-refractivity contribution in [2.24, 2.45) is 0 Å². The van der Waals surface area contributed by atoms with Crippen LogP contribution in [-0.2, 0) is 54.6 Å². The van der Waals surface area contributed by atoms with Crippen molar-refractivity contribution >= 4 is 41.8 Å². The standard InChI is InChI=1S/C42H62N3O12PS/c1-6-23-51-29-32-54-26-9-10-37(46)15-18-42(19-16-39(47)43-21-27-55-33-30-52-24-7-2,20-17-40(48)44-22-28-56-34-31-53-25-8-3)45-41(49)36-11-13-38(14-12-36)57-58(50,59)35(4)5/h1-3,11-14,35H,9-10,15-34H2,4-5H3,(H,43,47)(H,44,48)(H,45,49)(H,50,59)/p-1. The summed E-state index contributed by atoms with van der Waals surface area (Å²) >= 11 is 5.14. The molecule has 1 atom stereocenters. The van der Waals surface area contributed by atoms with E-state index in [0.717, 1.165) is 0 Å². The molecule has 0 radical (unpaired) electrons. The van der Waals surface area contributed by atoms with E-state index in [9.17, 15) is 24.1 Å². The highest BCUT2D eigenvalue weighted by atomic mass is 32.5. The number of benzene rings is 1. The van der Waals surface area contributed by atoms with E-state index in [1.54, 1.807) is 13.8 Å². The van der Waals surface area contributed by atoms with Crippen LogP contribution < -0.4 is 25.4 Å². The van der Waals surface area contributed by atoms with Crippen molar-refractivity contribution in [1.82, 2.24) is 16.0 Å². The number of hydrogen-bond acceptors (Lipinski definition) is 13. The number of terminal acetylenes is 3. The molecule has 0 spiro atoms. The highest BCUT2D eigenvalue weighted by Crippen LogP contribution is 2.43. The fraction of sp³-hybridized carbons (Fsp3) is 0.619. The first-order valence-electron chi connectivity index (χ1n) is 19.6. The molecule has 0 aliphatic heterocycles. The summed E-state index contributed by atoms with van der Waals surface area (Å²) in [6.45, 7) is 3.81. The van der Waals surface area contributed by atoms with Crippen molar-refractivity contribution in [3.8, 4) is 42.8 Å². The average Bonchev–Trinajstić information content (AvgIpc) is 3.21. The van der Waals surface area contributed by atoms with Crippen LogP contribution in [0.15, 0.2) is 24.3 Å². The molecule has 0 aliphatic carbocycles. The van der Waals surface area contributed by atoms with Gasteiger partial charge in [-0.2, -0.15) is 0 Å². The van der Waals surface area contributed by atoms with Crippen LogP contribution in [0.5, 0.6) is 5.75 Å². The number of ether oxygens (including phenoxy) is 6. The Labute approximate surface area is 355 Å². The van der Waals surface area contributed by atoms with Gasteiger partial charge in [-0.3, -0.25) is 19.2 Å². The Bertz CT molecular complexity index is 1440. The Kier molecular flexibility index (Phi) is 29.7. The van der Waals surface area contributed by atoms with Gasteiger partial charge in [0.15, 0.2) is 0 Å². The number of rotatable bonds is 36. The monoisotopic (exact) mass is 862 g/mol. The van der Waals surface area contributed by atoms with Gasteiger partial charge in [0.1, 0.15) is 31.4 Å². The molecule has 59 heavy (non-hydrogen) atoms. The summed E-state index contributed by atoms with van der Waals surface area (Å²) in [5.74, 6) is 6.17. The number of nitrogens with one attached hydrogen (secondary N) is 3. The number of ketones is 1. The summed E-state index contributed by atoms with van der Waals surface area (Å²) in [6, 6.07) is 6.00. The molecule has 1 aromatic carbocycles. The first kappa shape index (κ1) is 53.2. The van der Waals surface area contributed by atoms with Gasteiger partial charge < -0.3 is 53.8 Å². The molecule has 15 nitrogen and oxygen atoms in total. The lowest BCUT2D eigenvalue weighted by Crippen LogP contribution is -2.50. The molecule has 0 bridgehead atoms. The maximum Gasteiger partial charge on any atom is 0.251 e. The Hall–Kier alpha value is -3.85. The van der Waals surface area contributed by atoms with E-state index in [4.69, 9.17) is 64.0 Å². The van der Waals surface area contributed by atoms with Crippen LogP contribution in [0.1, 0.15) is 75.6 Å². The molecule has 0 aliphatic rings. The van der Waals surface area contributed by atoms with Crippen LogP contribution in [0.4, 0.5) is 0 Å². The molecule has 0 saturated heterocycles. The molecular formula is C42H61N3O12PS-. The van der Waals surface area contributed by atoms with E-state index in [2.05, 4.69) is 33.7 Å². The van der Waals surface area contributed by atoms with Gasteiger partial charge >= 0.3 is 0 Å². The first-order chi connectivity index (χ1) is 28.4. The predicted molar refractivity (Wildman–Crippen MR) is 226 cm³/mol. The molecule has 0 aromatic heterocycles. The Balaban J connectivity index is 3.14. The van der Waals surface area contributed by atoms with E-state index >= 15 is 0 Å². The van der Waals surface area contributed by atoms with E-state index in [1.165, 1.54) is 24.3 Å². The highest BCUT2D eigenvalue weighted by Gasteiger charge is 2.34. The third kappa shape index (κ3) is 26.8. The van der Waals surface area contributed by atoms with Crippen molar-refractivity contribution in [2.45, 2.75) is 76.4 Å². The lowest BCUT2D eigenvalue weighted by atomic mass is 9.82. The largest absolute Gasteiger partial charge is 0.791 e. The summed E-state index contributed by atoms with van der Waals surface area (Å²) in [6.07, 6.45) is 16.6. The van der Waals surface area contributed by atoms with Gasteiger partial charge in [0.2, 0.25) is 11.8 Å². The van der Waals surface area contributed by atoms with E-state index < -0.39 is 17.9 Å². The van der Waals surface area contributed by atoms with Crippen LogP contribution in [0.3, 0.4) is 0 Å². The van der Waals surface area contributed by atoms with Crippen molar-refractivity contribution < 1.29 is 57.0 Å². The Morgan fingerprint density at radius 1 is 0.678 bits per heavy atom. The Morgan fingerprint density at radius 2 is 1.12 bits per heavy atom. The number of hydrogen-bond donors (Lipinski definition) is 3. The van der Waals surface area contributed by atoms with Crippen LogP contribution in [0, 0.1) is 37.0 Å². The maximum atomic E-state index is 13.9. The molecule has 1 unspecified atom stereocenters. The molecule has 0 heterocycles. The molecule has 3 amide bonds. The van der Waals surface area contributed by atoms with Crippen molar-refractivity contribution in [2.75, 3.05) is 92.4 Å². The maximum absolute atomic E-state index is 13.9. The average molecular weight is 863 g/mol. The van der Waals surface area contributed by atoms with Crippen LogP contribution in [0.2, 0.25) is 0 Å². The van der Waals surface area contributed by atoms with Crippen LogP contribution >= 0.6 is 6.49 Å². The van der Waals surface area contributed by atoms with Crippen LogP contribution in [0.25, 0.3) is 0 Å². The van der Waals surface area contributed by atoms with E-state index in [0.29, 0.717) is 52.7 Å². The van der Waals surface area contributed by atoms with E-state index in [1.807, 2.05) is 0 Å². The molecular weight excluding hydrogens is 802 g/mol. The number of Topliss-reactive ketones (excluding diaryl/α,β-unsaturated/α-hetero) is 1. The predicted octanol–water partition coefficient (Wildman–Crippen LogP) is 2.53. The molecule has 17 heteroatoms. The van der Waals surface area contributed by atoms with Gasteiger partial charge in [0.05, 0.1) is 52.9 Å². The number of carbonyl (C=O) groups is 4. The van der Waals surface area contributed by atoms with Crippen molar-refractivity contribution in [3.63, 3.8) is 0 Å². The normalized spacial score (nSPS) is 12.1. The lowest BCUT2D eigenvalue weighted by Gasteiger charge is -2.35. The third-order valence-electron chi connectivity index (χ3n) is 8.46. The van der Waals surface area contributed by atoms with Crippen LogP contribution in [-0.4, -0.2) is 127 Å². The van der Waals surface area contributed by atoms with Gasteiger partial charge in [0.25, 0.3) is 5.91 Å². The molecule has 1 rings (SSSR count). The molecule has 0 saturated carbocycles. The smallest absolute Gasteiger partial charge is 0.251 e. The zero-order chi connectivity index (χ0) is 43.6. The van der Waals surface area contributed by atoms with Gasteiger partial charge in [0, 0.05) is 68.6 Å². The second-order valence-corrected chi connectivity index (χ2v) is 17.3. The fourth-order valence-corrected chi connectivity index (χ4v) is 6.02. The minimum atomic E-state index is -3.35. The molecule has 0 fully saturated rings. The minimum Gasteiger partial charge on any atom is -0.791 e. The Morgan fingerprint density at radius 3 is 1.58 bits per heavy atom. The van der Waals surface area contributed by atoms with E-state index in [-0.39, 0.29) is 126 Å². The molecule has 328 valence electrons. The fourth-order valence-electron chi connectivity index (χ4n) is 5.13. The second kappa shape index (κ2) is 32.9.